The highest BCUT2D eigenvalue weighted by molar-refractivity contribution is 7.89. The van der Waals surface area contributed by atoms with E-state index in [2.05, 4.69) is 4.72 Å². The highest BCUT2D eigenvalue weighted by Gasteiger charge is 2.37. The van der Waals surface area contributed by atoms with Gasteiger partial charge in [-0.05, 0) is 25.5 Å². The van der Waals surface area contributed by atoms with Gasteiger partial charge in [-0.3, -0.25) is 0 Å². The van der Waals surface area contributed by atoms with Crippen molar-refractivity contribution >= 4 is 22.6 Å². The van der Waals surface area contributed by atoms with Crippen molar-refractivity contribution in [2.75, 3.05) is 52.9 Å². The van der Waals surface area contributed by atoms with Gasteiger partial charge in [-0.25, -0.2) is 8.42 Å². The number of nitrogens with one attached hydrogen (secondary N) is 1. The Morgan fingerprint density at radius 1 is 0.812 bits per heavy atom. The van der Waals surface area contributed by atoms with E-state index in [-0.39, 0.29) is 57.4 Å². The molecule has 0 unspecified atom stereocenters. The molecule has 0 heterocycles. The number of hydrogen-bond acceptors (Lipinski definition) is 8. The third kappa shape index (κ3) is 11.3. The second-order valence-electron chi connectivity index (χ2n) is 7.38. The van der Waals surface area contributed by atoms with Crippen molar-refractivity contribution in [3.8, 4) is 0 Å². The molecule has 0 radical (unpaired) electrons. The van der Waals surface area contributed by atoms with Gasteiger partial charge in [-0.2, -0.15) is 4.72 Å². The molecule has 1 aromatic rings. The van der Waals surface area contributed by atoms with Gasteiger partial charge in [-0.1, -0.05) is 24.6 Å². The Kier molecular flexibility index (Phi) is 14.2. The highest BCUT2D eigenvalue weighted by Crippen LogP contribution is 2.17. The monoisotopic (exact) mass is 473 g/mol. The van der Waals surface area contributed by atoms with E-state index in [1.807, 2.05) is 13.8 Å². The van der Waals surface area contributed by atoms with E-state index < -0.39 is 15.6 Å². The molecule has 1 N–H and O–H groups in total. The molecule has 182 valence electrons. The first-order chi connectivity index (χ1) is 15.4. The third-order valence-corrected chi connectivity index (χ3v) is 5.89. The summed E-state index contributed by atoms with van der Waals surface area (Å²) in [5, 5.41) is 0. The maximum Gasteiger partial charge on any atom is 0.241 e. The number of ether oxygens (including phenoxy) is 4. The van der Waals surface area contributed by atoms with Gasteiger partial charge in [0, 0.05) is 19.4 Å². The minimum absolute atomic E-state index is 0.0459. The van der Waals surface area contributed by atoms with E-state index in [4.69, 9.17) is 18.9 Å². The molecule has 0 aliphatic carbocycles. The van der Waals surface area contributed by atoms with Gasteiger partial charge in [0.1, 0.15) is 18.1 Å². The number of aryl methyl sites for hydroxylation is 1. The van der Waals surface area contributed by atoms with Crippen LogP contribution in [0.3, 0.4) is 0 Å². The Morgan fingerprint density at radius 2 is 1.31 bits per heavy atom. The van der Waals surface area contributed by atoms with Crippen LogP contribution in [0.25, 0.3) is 0 Å². The summed E-state index contributed by atoms with van der Waals surface area (Å²) in [5.74, 6) is 0. The van der Waals surface area contributed by atoms with Crippen LogP contribution in [0.2, 0.25) is 0 Å². The van der Waals surface area contributed by atoms with Gasteiger partial charge in [0.25, 0.3) is 0 Å². The zero-order chi connectivity index (χ0) is 23.7. The zero-order valence-electron chi connectivity index (χ0n) is 18.9. The number of rotatable bonds is 20. The molecule has 0 saturated carbocycles. The Hall–Kier alpha value is -1.69. The average Bonchev–Trinajstić information content (AvgIpc) is 2.77. The van der Waals surface area contributed by atoms with Crippen LogP contribution in [-0.2, 0) is 38.6 Å². The molecule has 0 spiro atoms. The maximum absolute atomic E-state index is 13.1. The lowest BCUT2D eigenvalue weighted by molar-refractivity contribution is -0.109. The maximum atomic E-state index is 13.1. The number of carbonyl (C=O) groups excluding carboxylic acids is 2. The largest absolute Gasteiger partial charge is 0.379 e. The molecule has 0 saturated heterocycles. The van der Waals surface area contributed by atoms with Crippen LogP contribution in [0, 0.1) is 6.92 Å². The van der Waals surface area contributed by atoms with Gasteiger partial charge in [0.2, 0.25) is 10.0 Å². The minimum atomic E-state index is -3.93. The van der Waals surface area contributed by atoms with Crippen molar-refractivity contribution in [2.45, 2.75) is 43.5 Å². The highest BCUT2D eigenvalue weighted by atomic mass is 32.2. The van der Waals surface area contributed by atoms with Crippen LogP contribution in [0.4, 0.5) is 0 Å². The van der Waals surface area contributed by atoms with Gasteiger partial charge < -0.3 is 28.5 Å². The summed E-state index contributed by atoms with van der Waals surface area (Å²) in [6.07, 6.45) is 2.69. The number of carbonyl (C=O) groups is 2. The molecule has 9 nitrogen and oxygen atoms in total. The lowest BCUT2D eigenvalue weighted by Crippen LogP contribution is -2.58. The fourth-order valence-electron chi connectivity index (χ4n) is 2.70. The zero-order valence-corrected chi connectivity index (χ0v) is 19.7. The Bertz CT molecular complexity index is 736. The predicted molar refractivity (Wildman–Crippen MR) is 119 cm³/mol. The molecular formula is C22H35NO8S. The van der Waals surface area contributed by atoms with Crippen molar-refractivity contribution in [3.05, 3.63) is 29.8 Å². The summed E-state index contributed by atoms with van der Waals surface area (Å²) in [6, 6.07) is 6.45. The van der Waals surface area contributed by atoms with Crippen LogP contribution < -0.4 is 4.72 Å². The van der Waals surface area contributed by atoms with Gasteiger partial charge >= 0.3 is 0 Å². The van der Waals surface area contributed by atoms with Crippen LogP contribution in [-0.4, -0.2) is 79.4 Å². The number of aldehydes is 2. The standard InChI is InChI=1S/C22H35NO8S/c1-3-12-28-15-16-31-19-22(17-29-13-4-10-24,18-30-14-5-11-25)23-32(26,27)21-8-6-20(2)7-9-21/h6-11,23H,3-5,12-19H2,1-2H3. The second kappa shape index (κ2) is 16.0. The first kappa shape index (κ1) is 28.3. The molecule has 0 aromatic heterocycles. The lowest BCUT2D eigenvalue weighted by Gasteiger charge is -2.33. The second-order valence-corrected chi connectivity index (χ2v) is 9.06. The first-order valence-corrected chi connectivity index (χ1v) is 12.2. The van der Waals surface area contributed by atoms with Gasteiger partial charge in [-0.15, -0.1) is 0 Å². The molecule has 0 aliphatic rings. The number of sulfonamides is 1. The molecule has 0 atom stereocenters. The van der Waals surface area contributed by atoms with E-state index in [0.717, 1.165) is 24.6 Å². The topological polar surface area (TPSA) is 117 Å². The molecular weight excluding hydrogens is 438 g/mol. The normalized spacial score (nSPS) is 12.1. The predicted octanol–water partition coefficient (Wildman–Crippen LogP) is 1.67. The van der Waals surface area contributed by atoms with E-state index in [9.17, 15) is 18.0 Å². The number of hydrogen-bond donors (Lipinski definition) is 1. The summed E-state index contributed by atoms with van der Waals surface area (Å²) >= 11 is 0. The van der Waals surface area contributed by atoms with Crippen LogP contribution in [0.1, 0.15) is 31.7 Å². The van der Waals surface area contributed by atoms with Crippen molar-refractivity contribution in [1.29, 1.82) is 0 Å². The van der Waals surface area contributed by atoms with E-state index in [1.165, 1.54) is 12.1 Å². The fourth-order valence-corrected chi connectivity index (χ4v) is 4.06. The van der Waals surface area contributed by atoms with Crippen LogP contribution >= 0.6 is 0 Å². The first-order valence-electron chi connectivity index (χ1n) is 10.7. The van der Waals surface area contributed by atoms with E-state index in [1.54, 1.807) is 12.1 Å². The number of benzene rings is 1. The van der Waals surface area contributed by atoms with Crippen molar-refractivity contribution < 1.29 is 37.0 Å². The van der Waals surface area contributed by atoms with Crippen LogP contribution in [0.5, 0.6) is 0 Å². The fraction of sp³-hybridized carbons (Fsp3) is 0.636. The van der Waals surface area contributed by atoms with Crippen LogP contribution in [0.15, 0.2) is 29.2 Å². The Labute approximate surface area is 190 Å². The summed E-state index contributed by atoms with van der Waals surface area (Å²) in [4.78, 5) is 21.3. The molecule has 0 aliphatic heterocycles. The molecule has 0 amide bonds. The minimum Gasteiger partial charge on any atom is -0.379 e. The van der Waals surface area contributed by atoms with Gasteiger partial charge in [0.15, 0.2) is 0 Å². The van der Waals surface area contributed by atoms with Crippen molar-refractivity contribution in [2.24, 2.45) is 0 Å². The molecule has 10 heteroatoms. The van der Waals surface area contributed by atoms with Crippen molar-refractivity contribution in [3.63, 3.8) is 0 Å². The third-order valence-electron chi connectivity index (χ3n) is 4.30. The van der Waals surface area contributed by atoms with E-state index >= 15 is 0 Å². The molecule has 1 rings (SSSR count). The molecule has 0 fully saturated rings. The molecule has 32 heavy (non-hydrogen) atoms. The quantitative estimate of drug-likeness (QED) is 0.224. The molecule has 0 bridgehead atoms. The average molecular weight is 474 g/mol. The summed E-state index contributed by atoms with van der Waals surface area (Å²) in [5.41, 5.74) is -0.333. The smallest absolute Gasteiger partial charge is 0.241 e. The van der Waals surface area contributed by atoms with Crippen molar-refractivity contribution in [1.82, 2.24) is 4.72 Å². The Morgan fingerprint density at radius 3 is 1.81 bits per heavy atom. The van der Waals surface area contributed by atoms with E-state index in [0.29, 0.717) is 13.2 Å². The lowest BCUT2D eigenvalue weighted by atomic mass is 10.1. The molecule has 1 aromatic carbocycles. The van der Waals surface area contributed by atoms with Gasteiger partial charge in [0.05, 0.1) is 51.1 Å². The summed E-state index contributed by atoms with van der Waals surface area (Å²) < 4.78 is 51.1. The SMILES string of the molecule is CCCOCCOCC(COCCC=O)(COCCC=O)NS(=O)(=O)c1ccc(C)cc1. The summed E-state index contributed by atoms with van der Waals surface area (Å²) in [7, 11) is -3.93. The summed E-state index contributed by atoms with van der Waals surface area (Å²) in [6.45, 7) is 5.16. The Balaban J connectivity index is 3.01.